The van der Waals surface area contributed by atoms with Gasteiger partial charge in [-0.2, -0.15) is 0 Å². The number of hydrogen-bond acceptors (Lipinski definition) is 3. The molecule has 5 nitrogen and oxygen atoms in total. The summed E-state index contributed by atoms with van der Waals surface area (Å²) < 4.78 is 0. The molecule has 0 aromatic heterocycles. The van der Waals surface area contributed by atoms with Crippen molar-refractivity contribution in [3.63, 3.8) is 0 Å². The van der Waals surface area contributed by atoms with E-state index in [2.05, 4.69) is 28.6 Å². The second kappa shape index (κ2) is 9.64. The molecule has 0 aliphatic heterocycles. The predicted molar refractivity (Wildman–Crippen MR) is 98.1 cm³/mol. The minimum atomic E-state index is -0.401. The highest BCUT2D eigenvalue weighted by Crippen LogP contribution is 2.24. The molecule has 2 rings (SSSR count). The van der Waals surface area contributed by atoms with Gasteiger partial charge < -0.3 is 15.7 Å². The number of aliphatic hydroxyl groups is 1. The summed E-state index contributed by atoms with van der Waals surface area (Å²) in [5.74, 6) is 0. The highest BCUT2D eigenvalue weighted by atomic mass is 16.3. The third-order valence-electron chi connectivity index (χ3n) is 4.73. The molecule has 1 fully saturated rings. The van der Waals surface area contributed by atoms with Gasteiger partial charge in [-0.3, -0.25) is 4.90 Å². The van der Waals surface area contributed by atoms with Crippen LogP contribution in [0.4, 0.5) is 10.5 Å². The summed E-state index contributed by atoms with van der Waals surface area (Å²) >= 11 is 0. The quantitative estimate of drug-likeness (QED) is 0.717. The molecule has 2 amide bonds. The van der Waals surface area contributed by atoms with Crippen molar-refractivity contribution in [2.24, 2.45) is 0 Å². The maximum atomic E-state index is 12.0. The number of urea groups is 1. The molecule has 0 radical (unpaired) electrons. The largest absolute Gasteiger partial charge is 0.393 e. The van der Waals surface area contributed by atoms with Crippen LogP contribution in [0.25, 0.3) is 0 Å². The van der Waals surface area contributed by atoms with Gasteiger partial charge in [0.2, 0.25) is 0 Å². The van der Waals surface area contributed by atoms with Crippen molar-refractivity contribution in [2.45, 2.75) is 64.1 Å². The SMILES string of the molecule is CC(O)CCNC(=O)Nc1ccccc1CN(C)C1CCCCC1. The Morgan fingerprint density at radius 1 is 1.29 bits per heavy atom. The number of carbonyl (C=O) groups is 1. The van der Waals surface area contributed by atoms with Crippen molar-refractivity contribution in [2.75, 3.05) is 18.9 Å². The van der Waals surface area contributed by atoms with Crippen LogP contribution in [0.5, 0.6) is 0 Å². The van der Waals surface area contributed by atoms with E-state index in [0.29, 0.717) is 19.0 Å². The average Bonchev–Trinajstić information content (AvgIpc) is 2.57. The van der Waals surface area contributed by atoms with Crippen molar-refractivity contribution >= 4 is 11.7 Å². The second-order valence-corrected chi connectivity index (χ2v) is 6.88. The van der Waals surface area contributed by atoms with Gasteiger partial charge in [0, 0.05) is 24.8 Å². The molecule has 3 N–H and O–H groups in total. The highest BCUT2D eigenvalue weighted by Gasteiger charge is 2.19. The van der Waals surface area contributed by atoms with Gasteiger partial charge in [-0.1, -0.05) is 37.5 Å². The fraction of sp³-hybridized carbons (Fsp3) is 0.632. The highest BCUT2D eigenvalue weighted by molar-refractivity contribution is 5.90. The molecule has 1 atom stereocenters. The molecule has 24 heavy (non-hydrogen) atoms. The molecule has 5 heteroatoms. The number of carbonyl (C=O) groups excluding carboxylic acids is 1. The van der Waals surface area contributed by atoms with E-state index >= 15 is 0 Å². The smallest absolute Gasteiger partial charge is 0.319 e. The Bertz CT molecular complexity index is 513. The van der Waals surface area contributed by atoms with Crippen LogP contribution in [0.3, 0.4) is 0 Å². The molecule has 1 aromatic rings. The van der Waals surface area contributed by atoms with Crippen molar-refractivity contribution in [3.05, 3.63) is 29.8 Å². The normalized spacial score (nSPS) is 16.8. The number of hydrogen-bond donors (Lipinski definition) is 3. The summed E-state index contributed by atoms with van der Waals surface area (Å²) in [6, 6.07) is 8.40. The van der Waals surface area contributed by atoms with Crippen LogP contribution in [0.15, 0.2) is 24.3 Å². The second-order valence-electron chi connectivity index (χ2n) is 6.88. The van der Waals surface area contributed by atoms with Gasteiger partial charge in [-0.15, -0.1) is 0 Å². The number of rotatable bonds is 7. The maximum absolute atomic E-state index is 12.0. The number of anilines is 1. The molecule has 1 saturated carbocycles. The minimum Gasteiger partial charge on any atom is -0.393 e. The summed E-state index contributed by atoms with van der Waals surface area (Å²) in [6.45, 7) is 3.03. The fourth-order valence-corrected chi connectivity index (χ4v) is 3.26. The topological polar surface area (TPSA) is 64.6 Å². The average molecular weight is 333 g/mol. The number of nitrogens with zero attached hydrogens (tertiary/aromatic N) is 1. The molecule has 1 aromatic carbocycles. The third-order valence-corrected chi connectivity index (χ3v) is 4.73. The van der Waals surface area contributed by atoms with Crippen LogP contribution < -0.4 is 10.6 Å². The molecular formula is C19H31N3O2. The third kappa shape index (κ3) is 6.13. The van der Waals surface area contributed by atoms with Gasteiger partial charge >= 0.3 is 6.03 Å². The van der Waals surface area contributed by atoms with E-state index < -0.39 is 6.10 Å². The lowest BCUT2D eigenvalue weighted by atomic mass is 9.94. The Morgan fingerprint density at radius 2 is 2.00 bits per heavy atom. The van der Waals surface area contributed by atoms with Crippen LogP contribution in [-0.2, 0) is 6.54 Å². The molecule has 0 saturated heterocycles. The first-order chi connectivity index (χ1) is 11.6. The first-order valence-electron chi connectivity index (χ1n) is 9.07. The van der Waals surface area contributed by atoms with Crippen LogP contribution in [0.2, 0.25) is 0 Å². The van der Waals surface area contributed by atoms with Crippen molar-refractivity contribution in [3.8, 4) is 0 Å². The summed E-state index contributed by atoms with van der Waals surface area (Å²) in [7, 11) is 2.18. The van der Waals surface area contributed by atoms with E-state index in [0.717, 1.165) is 17.8 Å². The standard InChI is InChI=1S/C19H31N3O2/c1-15(23)12-13-20-19(24)21-18-11-7-6-8-16(18)14-22(2)17-9-4-3-5-10-17/h6-8,11,15,17,23H,3-5,9-10,12-14H2,1-2H3,(H2,20,21,24). The number of amides is 2. The van der Waals surface area contributed by atoms with E-state index in [1.807, 2.05) is 18.2 Å². The first kappa shape index (κ1) is 18.7. The van der Waals surface area contributed by atoms with E-state index in [1.54, 1.807) is 6.92 Å². The van der Waals surface area contributed by atoms with Gasteiger partial charge in [0.05, 0.1) is 6.10 Å². The van der Waals surface area contributed by atoms with E-state index in [9.17, 15) is 9.90 Å². The molecule has 0 heterocycles. The van der Waals surface area contributed by atoms with Crippen molar-refractivity contribution < 1.29 is 9.90 Å². The Morgan fingerprint density at radius 3 is 2.71 bits per heavy atom. The first-order valence-corrected chi connectivity index (χ1v) is 9.07. The Hall–Kier alpha value is -1.59. The summed E-state index contributed by atoms with van der Waals surface area (Å²) in [6.07, 6.45) is 6.69. The number of benzene rings is 1. The van der Waals surface area contributed by atoms with E-state index in [-0.39, 0.29) is 6.03 Å². The van der Waals surface area contributed by atoms with Gasteiger partial charge in [-0.25, -0.2) is 4.79 Å². The molecule has 134 valence electrons. The lowest BCUT2D eigenvalue weighted by Crippen LogP contribution is -2.34. The van der Waals surface area contributed by atoms with E-state index in [4.69, 9.17) is 0 Å². The molecule has 1 unspecified atom stereocenters. The summed E-state index contributed by atoms with van der Waals surface area (Å²) in [5.41, 5.74) is 1.99. The zero-order valence-corrected chi connectivity index (χ0v) is 14.9. The molecule has 0 bridgehead atoms. The molecular weight excluding hydrogens is 302 g/mol. The van der Waals surface area contributed by atoms with Gasteiger partial charge in [-0.05, 0) is 44.9 Å². The monoisotopic (exact) mass is 333 g/mol. The number of para-hydroxylation sites is 1. The van der Waals surface area contributed by atoms with Gasteiger partial charge in [0.25, 0.3) is 0 Å². The Labute approximate surface area is 145 Å². The van der Waals surface area contributed by atoms with Crippen molar-refractivity contribution in [1.82, 2.24) is 10.2 Å². The lowest BCUT2D eigenvalue weighted by molar-refractivity contribution is 0.184. The maximum Gasteiger partial charge on any atom is 0.319 e. The Kier molecular flexibility index (Phi) is 7.53. The predicted octanol–water partition coefficient (Wildman–Crippen LogP) is 3.34. The molecule has 0 spiro atoms. The van der Waals surface area contributed by atoms with Crippen LogP contribution >= 0.6 is 0 Å². The lowest BCUT2D eigenvalue weighted by Gasteiger charge is -2.31. The zero-order valence-electron chi connectivity index (χ0n) is 14.9. The summed E-state index contributed by atoms with van der Waals surface area (Å²) in [5, 5.41) is 15.0. The van der Waals surface area contributed by atoms with Crippen LogP contribution in [-0.4, -0.2) is 41.8 Å². The Balaban J connectivity index is 1.90. The van der Waals surface area contributed by atoms with Gasteiger partial charge in [0.1, 0.15) is 0 Å². The molecule has 1 aliphatic rings. The van der Waals surface area contributed by atoms with Crippen LogP contribution in [0, 0.1) is 0 Å². The summed E-state index contributed by atoms with van der Waals surface area (Å²) in [4.78, 5) is 14.4. The van der Waals surface area contributed by atoms with Crippen LogP contribution in [0.1, 0.15) is 51.0 Å². The van der Waals surface area contributed by atoms with Crippen molar-refractivity contribution in [1.29, 1.82) is 0 Å². The minimum absolute atomic E-state index is 0.219. The van der Waals surface area contributed by atoms with Gasteiger partial charge in [0.15, 0.2) is 0 Å². The zero-order chi connectivity index (χ0) is 17.4. The molecule has 1 aliphatic carbocycles. The number of nitrogens with one attached hydrogen (secondary N) is 2. The van der Waals surface area contributed by atoms with E-state index in [1.165, 1.54) is 32.1 Å². The number of aliphatic hydroxyl groups excluding tert-OH is 1. The fourth-order valence-electron chi connectivity index (χ4n) is 3.26.